The van der Waals surface area contributed by atoms with E-state index in [0.717, 1.165) is 16.3 Å². The average molecular weight is 235 g/mol. The number of aliphatic hydroxyl groups excluding tert-OH is 1. The number of rotatable bonds is 3. The van der Waals surface area contributed by atoms with Gasteiger partial charge in [0.2, 0.25) is 5.16 Å². The van der Waals surface area contributed by atoms with Crippen LogP contribution in [0, 0.1) is 6.92 Å². The van der Waals surface area contributed by atoms with E-state index in [-0.39, 0.29) is 0 Å². The van der Waals surface area contributed by atoms with Gasteiger partial charge in [-0.1, -0.05) is 12.1 Å². The monoisotopic (exact) mass is 235 g/mol. The molecule has 2 rings (SSSR count). The minimum atomic E-state index is -0.426. The predicted octanol–water partition coefficient (Wildman–Crippen LogP) is 2.32. The first-order valence-electron chi connectivity index (χ1n) is 5.00. The van der Waals surface area contributed by atoms with Crippen LogP contribution in [0.25, 0.3) is 0 Å². The zero-order chi connectivity index (χ0) is 11.5. The van der Waals surface area contributed by atoms with Crippen LogP contribution in [0.1, 0.15) is 24.4 Å². The maximum absolute atomic E-state index is 9.37. The molecule has 5 heteroatoms. The summed E-state index contributed by atoms with van der Waals surface area (Å²) < 4.78 is 0. The van der Waals surface area contributed by atoms with Gasteiger partial charge in [0, 0.05) is 4.90 Å². The lowest BCUT2D eigenvalue weighted by molar-refractivity contribution is 0.199. The number of nitrogens with one attached hydrogen (secondary N) is 1. The Kier molecular flexibility index (Phi) is 3.26. The quantitative estimate of drug-likeness (QED) is 0.857. The van der Waals surface area contributed by atoms with Crippen molar-refractivity contribution in [2.45, 2.75) is 30.0 Å². The van der Waals surface area contributed by atoms with E-state index in [1.54, 1.807) is 6.92 Å². The molecule has 0 fully saturated rings. The highest BCUT2D eigenvalue weighted by Gasteiger charge is 2.04. The van der Waals surface area contributed by atoms with Crippen molar-refractivity contribution in [1.82, 2.24) is 15.2 Å². The summed E-state index contributed by atoms with van der Waals surface area (Å²) in [6.45, 7) is 3.62. The maximum Gasteiger partial charge on any atom is 0.213 e. The third-order valence-electron chi connectivity index (χ3n) is 2.15. The molecule has 1 unspecified atom stereocenters. The molecule has 0 aliphatic carbocycles. The minimum Gasteiger partial charge on any atom is -0.389 e. The smallest absolute Gasteiger partial charge is 0.213 e. The molecule has 1 atom stereocenters. The average Bonchev–Trinajstić information content (AvgIpc) is 2.65. The first-order chi connectivity index (χ1) is 7.65. The van der Waals surface area contributed by atoms with Gasteiger partial charge in [-0.2, -0.15) is 0 Å². The number of H-pyrrole nitrogens is 1. The van der Waals surface area contributed by atoms with Gasteiger partial charge in [-0.25, -0.2) is 4.98 Å². The summed E-state index contributed by atoms with van der Waals surface area (Å²) in [4.78, 5) is 5.27. The number of aryl methyl sites for hydroxylation is 1. The van der Waals surface area contributed by atoms with Crippen LogP contribution in [-0.4, -0.2) is 20.3 Å². The minimum absolute atomic E-state index is 0.426. The maximum atomic E-state index is 9.37. The standard InChI is InChI=1S/C11H13N3OS/c1-7(15)9-3-5-10(6-4-9)16-11-12-8(2)13-14-11/h3-7,15H,1-2H3,(H,12,13,14). The zero-order valence-corrected chi connectivity index (χ0v) is 9.95. The highest BCUT2D eigenvalue weighted by Crippen LogP contribution is 2.25. The first kappa shape index (κ1) is 11.2. The van der Waals surface area contributed by atoms with E-state index < -0.39 is 6.10 Å². The van der Waals surface area contributed by atoms with Crippen molar-refractivity contribution in [1.29, 1.82) is 0 Å². The van der Waals surface area contributed by atoms with Gasteiger partial charge in [-0.3, -0.25) is 5.10 Å². The molecule has 84 valence electrons. The van der Waals surface area contributed by atoms with E-state index in [2.05, 4.69) is 15.2 Å². The number of hydrogen-bond donors (Lipinski definition) is 2. The van der Waals surface area contributed by atoms with E-state index in [9.17, 15) is 5.11 Å². The SMILES string of the molecule is Cc1nc(Sc2ccc(C(C)O)cc2)n[nH]1. The van der Waals surface area contributed by atoms with Gasteiger partial charge in [-0.15, -0.1) is 5.10 Å². The number of aromatic nitrogens is 3. The summed E-state index contributed by atoms with van der Waals surface area (Å²) in [5.41, 5.74) is 0.913. The fourth-order valence-electron chi connectivity index (χ4n) is 1.29. The predicted molar refractivity (Wildman–Crippen MR) is 62.3 cm³/mol. The highest BCUT2D eigenvalue weighted by atomic mass is 32.2. The Morgan fingerprint density at radius 2 is 2.00 bits per heavy atom. The Morgan fingerprint density at radius 3 is 2.50 bits per heavy atom. The van der Waals surface area contributed by atoms with Crippen molar-refractivity contribution >= 4 is 11.8 Å². The lowest BCUT2D eigenvalue weighted by atomic mass is 10.1. The van der Waals surface area contributed by atoms with Crippen LogP contribution in [0.15, 0.2) is 34.3 Å². The summed E-state index contributed by atoms with van der Waals surface area (Å²) in [6.07, 6.45) is -0.426. The molecule has 0 saturated heterocycles. The lowest BCUT2D eigenvalue weighted by Crippen LogP contribution is -1.89. The molecular formula is C11H13N3OS. The Bertz CT molecular complexity index is 464. The molecule has 1 aromatic carbocycles. The second kappa shape index (κ2) is 4.67. The van der Waals surface area contributed by atoms with Gasteiger partial charge in [0.15, 0.2) is 0 Å². The third kappa shape index (κ3) is 2.62. The van der Waals surface area contributed by atoms with E-state index in [4.69, 9.17) is 0 Å². The fraction of sp³-hybridized carbons (Fsp3) is 0.273. The van der Waals surface area contributed by atoms with Crippen molar-refractivity contribution in [3.63, 3.8) is 0 Å². The molecule has 16 heavy (non-hydrogen) atoms. The summed E-state index contributed by atoms with van der Waals surface area (Å²) >= 11 is 1.49. The summed E-state index contributed by atoms with van der Waals surface area (Å²) in [5, 5.41) is 16.9. The second-order valence-electron chi connectivity index (χ2n) is 3.55. The molecule has 0 aliphatic rings. The van der Waals surface area contributed by atoms with Crippen LogP contribution in [0.2, 0.25) is 0 Å². The Hall–Kier alpha value is -1.33. The van der Waals surface area contributed by atoms with E-state index >= 15 is 0 Å². The zero-order valence-electron chi connectivity index (χ0n) is 9.14. The number of hydrogen-bond acceptors (Lipinski definition) is 4. The Labute approximate surface area is 98.1 Å². The topological polar surface area (TPSA) is 61.8 Å². The van der Waals surface area contributed by atoms with Crippen LogP contribution in [0.3, 0.4) is 0 Å². The number of benzene rings is 1. The van der Waals surface area contributed by atoms with Crippen LogP contribution in [-0.2, 0) is 0 Å². The molecule has 0 saturated carbocycles. The largest absolute Gasteiger partial charge is 0.389 e. The molecule has 2 N–H and O–H groups in total. The molecule has 0 bridgehead atoms. The van der Waals surface area contributed by atoms with Crippen LogP contribution in [0.4, 0.5) is 0 Å². The lowest BCUT2D eigenvalue weighted by Gasteiger charge is -2.04. The normalized spacial score (nSPS) is 12.7. The van der Waals surface area contributed by atoms with E-state index in [1.165, 1.54) is 11.8 Å². The van der Waals surface area contributed by atoms with Crippen molar-refractivity contribution in [2.24, 2.45) is 0 Å². The van der Waals surface area contributed by atoms with Crippen molar-refractivity contribution < 1.29 is 5.11 Å². The molecule has 2 aromatic rings. The van der Waals surface area contributed by atoms with Crippen molar-refractivity contribution in [3.8, 4) is 0 Å². The molecule has 4 nitrogen and oxygen atoms in total. The molecule has 0 radical (unpaired) electrons. The van der Waals surface area contributed by atoms with Gasteiger partial charge in [0.25, 0.3) is 0 Å². The number of aliphatic hydroxyl groups is 1. The Morgan fingerprint density at radius 1 is 1.31 bits per heavy atom. The van der Waals surface area contributed by atoms with E-state index in [0.29, 0.717) is 5.16 Å². The molecule has 0 aliphatic heterocycles. The molecular weight excluding hydrogens is 222 g/mol. The van der Waals surface area contributed by atoms with Crippen LogP contribution < -0.4 is 0 Å². The van der Waals surface area contributed by atoms with Gasteiger partial charge in [0.1, 0.15) is 5.82 Å². The van der Waals surface area contributed by atoms with Gasteiger partial charge >= 0.3 is 0 Å². The summed E-state index contributed by atoms with van der Waals surface area (Å²) in [5.74, 6) is 0.808. The van der Waals surface area contributed by atoms with Crippen molar-refractivity contribution in [2.75, 3.05) is 0 Å². The van der Waals surface area contributed by atoms with Crippen LogP contribution >= 0.6 is 11.8 Å². The Balaban J connectivity index is 2.11. The van der Waals surface area contributed by atoms with Gasteiger partial charge < -0.3 is 5.11 Å². The first-order valence-corrected chi connectivity index (χ1v) is 5.81. The highest BCUT2D eigenvalue weighted by molar-refractivity contribution is 7.99. The molecule has 0 spiro atoms. The van der Waals surface area contributed by atoms with Gasteiger partial charge in [-0.05, 0) is 43.3 Å². The van der Waals surface area contributed by atoms with Gasteiger partial charge in [0.05, 0.1) is 6.10 Å². The molecule has 1 aromatic heterocycles. The second-order valence-corrected chi connectivity index (χ2v) is 4.59. The number of aromatic amines is 1. The van der Waals surface area contributed by atoms with E-state index in [1.807, 2.05) is 31.2 Å². The molecule has 1 heterocycles. The van der Waals surface area contributed by atoms with Crippen LogP contribution in [0.5, 0.6) is 0 Å². The fourth-order valence-corrected chi connectivity index (χ4v) is 2.04. The third-order valence-corrected chi connectivity index (χ3v) is 3.02. The molecule has 0 amide bonds. The number of nitrogens with zero attached hydrogens (tertiary/aromatic N) is 2. The summed E-state index contributed by atoms with van der Waals surface area (Å²) in [6, 6.07) is 7.73. The summed E-state index contributed by atoms with van der Waals surface area (Å²) in [7, 11) is 0. The van der Waals surface area contributed by atoms with Crippen molar-refractivity contribution in [3.05, 3.63) is 35.7 Å².